The summed E-state index contributed by atoms with van der Waals surface area (Å²) in [4.78, 5) is 0. The van der Waals surface area contributed by atoms with Crippen LogP contribution >= 0.6 is 55.8 Å². The maximum Gasteiger partial charge on any atom is 0.0580 e. The molecule has 0 atom stereocenters. The van der Waals surface area contributed by atoms with Crippen molar-refractivity contribution in [3.63, 3.8) is 0 Å². The molecule has 0 unspecified atom stereocenters. The van der Waals surface area contributed by atoms with Crippen molar-refractivity contribution in [1.82, 2.24) is 0 Å². The highest BCUT2D eigenvalue weighted by molar-refractivity contribution is 9.10. The average molecular weight is 338 g/mol. The van der Waals surface area contributed by atoms with Crippen molar-refractivity contribution in [2.75, 3.05) is 0 Å². The van der Waals surface area contributed by atoms with Crippen LogP contribution in [0, 0.1) is 0 Å². The van der Waals surface area contributed by atoms with Crippen molar-refractivity contribution >= 4 is 65.9 Å². The minimum atomic E-state index is 0.886. The van der Waals surface area contributed by atoms with Gasteiger partial charge in [-0.25, -0.2) is 0 Å². The lowest BCUT2D eigenvalue weighted by molar-refractivity contribution is 1.49. The van der Waals surface area contributed by atoms with E-state index in [-0.39, 0.29) is 0 Å². The molecule has 0 saturated carbocycles. The lowest BCUT2D eigenvalue weighted by Crippen LogP contribution is -1.77. The molecule has 0 nitrogen and oxygen atoms in total. The molecule has 4 heteroatoms. The Labute approximate surface area is 103 Å². The van der Waals surface area contributed by atoms with Gasteiger partial charge in [-0.15, -0.1) is 24.0 Å². The zero-order chi connectivity index (χ0) is 9.42. The fraction of sp³-hybridized carbons (Fsp3) is 0.111. The van der Waals surface area contributed by atoms with Crippen molar-refractivity contribution in [3.8, 4) is 0 Å². The highest BCUT2D eigenvalue weighted by Gasteiger charge is 2.05. The molecule has 0 amide bonds. The average Bonchev–Trinajstić information content (AvgIpc) is 2.43. The van der Waals surface area contributed by atoms with Crippen LogP contribution in [0.4, 0.5) is 0 Å². The number of hydrogen-bond acceptors (Lipinski definition) is 2. The standard InChI is InChI=1S/C9H6Br2S2/c10-4-6-2-7(11)1-5-3-8(12)13-9(5)6/h1-3,12H,4H2. The summed E-state index contributed by atoms with van der Waals surface area (Å²) in [6.45, 7) is 0. The van der Waals surface area contributed by atoms with E-state index in [4.69, 9.17) is 0 Å². The van der Waals surface area contributed by atoms with Crippen LogP contribution in [0.1, 0.15) is 5.56 Å². The van der Waals surface area contributed by atoms with Crippen LogP contribution in [0.3, 0.4) is 0 Å². The molecular formula is C9H6Br2S2. The minimum Gasteiger partial charge on any atom is -0.133 e. The normalized spacial score (nSPS) is 11.0. The molecule has 0 aliphatic heterocycles. The van der Waals surface area contributed by atoms with Crippen LogP contribution in [0.15, 0.2) is 26.9 Å². The molecule has 68 valence electrons. The summed E-state index contributed by atoms with van der Waals surface area (Å²) in [6, 6.07) is 6.36. The molecule has 1 aromatic heterocycles. The van der Waals surface area contributed by atoms with E-state index in [1.807, 2.05) is 0 Å². The fourth-order valence-electron chi connectivity index (χ4n) is 1.27. The lowest BCUT2D eigenvalue weighted by atomic mass is 10.2. The molecule has 1 aromatic carbocycles. The predicted octanol–water partition coefficient (Wildman–Crippen LogP) is 4.85. The van der Waals surface area contributed by atoms with Gasteiger partial charge in [0.2, 0.25) is 0 Å². The van der Waals surface area contributed by atoms with Gasteiger partial charge in [0.25, 0.3) is 0 Å². The summed E-state index contributed by atoms with van der Waals surface area (Å²) >= 11 is 13.1. The van der Waals surface area contributed by atoms with E-state index in [9.17, 15) is 0 Å². The van der Waals surface area contributed by atoms with Gasteiger partial charge in [0.15, 0.2) is 0 Å². The molecule has 0 bridgehead atoms. The first-order valence-corrected chi connectivity index (χ1v) is 6.85. The highest BCUT2D eigenvalue weighted by atomic mass is 79.9. The topological polar surface area (TPSA) is 0 Å². The molecule has 2 rings (SSSR count). The van der Waals surface area contributed by atoms with Crippen LogP contribution in [-0.2, 0) is 5.33 Å². The Bertz CT molecular complexity index is 448. The number of fused-ring (bicyclic) bond motifs is 1. The Morgan fingerprint density at radius 3 is 2.77 bits per heavy atom. The van der Waals surface area contributed by atoms with Gasteiger partial charge < -0.3 is 0 Å². The second-order valence-corrected chi connectivity index (χ2v) is 6.01. The lowest BCUT2D eigenvalue weighted by Gasteiger charge is -1.98. The van der Waals surface area contributed by atoms with Gasteiger partial charge >= 0.3 is 0 Å². The first-order valence-electron chi connectivity index (χ1n) is 3.67. The van der Waals surface area contributed by atoms with Gasteiger partial charge in [-0.05, 0) is 29.1 Å². The van der Waals surface area contributed by atoms with E-state index in [0.29, 0.717) is 0 Å². The maximum absolute atomic E-state index is 4.35. The number of thiol groups is 1. The third-order valence-corrected chi connectivity index (χ3v) is 4.28. The van der Waals surface area contributed by atoms with E-state index in [0.717, 1.165) is 14.0 Å². The van der Waals surface area contributed by atoms with Gasteiger partial charge in [-0.3, -0.25) is 0 Å². The molecule has 0 radical (unpaired) electrons. The zero-order valence-corrected chi connectivity index (χ0v) is 11.4. The summed E-state index contributed by atoms with van der Waals surface area (Å²) in [5.74, 6) is 0. The second kappa shape index (κ2) is 3.93. The molecule has 0 aliphatic rings. The van der Waals surface area contributed by atoms with Crippen molar-refractivity contribution < 1.29 is 0 Å². The van der Waals surface area contributed by atoms with Gasteiger partial charge in [-0.1, -0.05) is 31.9 Å². The Balaban J connectivity index is 2.80. The van der Waals surface area contributed by atoms with Gasteiger partial charge in [-0.2, -0.15) is 0 Å². The first kappa shape index (κ1) is 10.0. The summed E-state index contributed by atoms with van der Waals surface area (Å²) in [7, 11) is 0. The number of rotatable bonds is 1. The number of halogens is 2. The fourth-order valence-corrected chi connectivity index (χ4v) is 3.73. The third-order valence-electron chi connectivity index (χ3n) is 1.79. The molecule has 0 fully saturated rings. The number of alkyl halides is 1. The summed E-state index contributed by atoms with van der Waals surface area (Å²) in [6.07, 6.45) is 0. The molecule has 0 aliphatic carbocycles. The van der Waals surface area contributed by atoms with Crippen LogP contribution in [0.2, 0.25) is 0 Å². The number of hydrogen-bond donors (Lipinski definition) is 1. The van der Waals surface area contributed by atoms with Crippen molar-refractivity contribution in [1.29, 1.82) is 0 Å². The van der Waals surface area contributed by atoms with E-state index < -0.39 is 0 Å². The number of thiophene rings is 1. The van der Waals surface area contributed by atoms with Gasteiger partial charge in [0.1, 0.15) is 0 Å². The zero-order valence-electron chi connectivity index (χ0n) is 6.55. The smallest absolute Gasteiger partial charge is 0.0580 e. The van der Waals surface area contributed by atoms with Crippen LogP contribution in [0.5, 0.6) is 0 Å². The second-order valence-electron chi connectivity index (χ2n) is 2.70. The SMILES string of the molecule is Sc1cc2cc(Br)cc(CBr)c2s1. The van der Waals surface area contributed by atoms with Crippen LogP contribution < -0.4 is 0 Å². The Morgan fingerprint density at radius 1 is 1.31 bits per heavy atom. The Hall–Kier alpha value is 0.490. The summed E-state index contributed by atoms with van der Waals surface area (Å²) in [5.41, 5.74) is 1.31. The predicted molar refractivity (Wildman–Crippen MR) is 69.4 cm³/mol. The first-order chi connectivity index (χ1) is 6.20. The molecule has 0 saturated heterocycles. The van der Waals surface area contributed by atoms with Gasteiger partial charge in [0.05, 0.1) is 4.21 Å². The summed E-state index contributed by atoms with van der Waals surface area (Å²) in [5, 5.41) is 2.15. The molecular weight excluding hydrogens is 332 g/mol. The highest BCUT2D eigenvalue weighted by Crippen LogP contribution is 2.34. The Kier molecular flexibility index (Phi) is 3.03. The molecule has 0 spiro atoms. The van der Waals surface area contributed by atoms with E-state index in [1.54, 1.807) is 11.3 Å². The monoisotopic (exact) mass is 336 g/mol. The quantitative estimate of drug-likeness (QED) is 0.558. The van der Waals surface area contributed by atoms with E-state index in [1.165, 1.54) is 15.6 Å². The molecule has 1 heterocycles. The molecule has 13 heavy (non-hydrogen) atoms. The van der Waals surface area contributed by atoms with Gasteiger partial charge in [0, 0.05) is 14.5 Å². The molecule has 0 N–H and O–H groups in total. The third kappa shape index (κ3) is 1.96. The van der Waals surface area contributed by atoms with Crippen LogP contribution in [0.25, 0.3) is 10.1 Å². The van der Waals surface area contributed by atoms with Crippen molar-refractivity contribution in [3.05, 3.63) is 28.2 Å². The summed E-state index contributed by atoms with van der Waals surface area (Å²) < 4.78 is 3.51. The van der Waals surface area contributed by atoms with Crippen LogP contribution in [-0.4, -0.2) is 0 Å². The van der Waals surface area contributed by atoms with Crippen molar-refractivity contribution in [2.24, 2.45) is 0 Å². The van der Waals surface area contributed by atoms with E-state index >= 15 is 0 Å². The van der Waals surface area contributed by atoms with E-state index in [2.05, 4.69) is 62.7 Å². The number of benzene rings is 1. The minimum absolute atomic E-state index is 0.886. The molecule has 2 aromatic rings. The Morgan fingerprint density at radius 2 is 2.08 bits per heavy atom. The maximum atomic E-state index is 4.35. The largest absolute Gasteiger partial charge is 0.133 e. The van der Waals surface area contributed by atoms with Crippen molar-refractivity contribution in [2.45, 2.75) is 9.54 Å².